The minimum atomic E-state index is -0.0432. The van der Waals surface area contributed by atoms with Gasteiger partial charge in [0.1, 0.15) is 5.75 Å². The fourth-order valence-electron chi connectivity index (χ4n) is 1.87. The Labute approximate surface area is 131 Å². The van der Waals surface area contributed by atoms with Crippen LogP contribution in [-0.2, 0) is 0 Å². The Morgan fingerprint density at radius 2 is 1.84 bits per heavy atom. The van der Waals surface area contributed by atoms with Gasteiger partial charge in [-0.15, -0.1) is 0 Å². The zero-order valence-electron chi connectivity index (χ0n) is 10.6. The summed E-state index contributed by atoms with van der Waals surface area (Å²) in [6, 6.07) is 11.6. The van der Waals surface area contributed by atoms with Crippen LogP contribution in [0.2, 0.25) is 10.0 Å². The molecule has 0 N–H and O–H groups in total. The molecule has 0 fully saturated rings. The van der Waals surface area contributed by atoms with Gasteiger partial charge in [0.05, 0.1) is 11.9 Å². The molecule has 0 spiro atoms. The summed E-state index contributed by atoms with van der Waals surface area (Å²) in [4.78, 5) is -0.0432. The van der Waals surface area contributed by atoms with Crippen molar-refractivity contribution in [2.45, 2.75) is 11.8 Å². The normalized spacial score (nSPS) is 12.3. The highest BCUT2D eigenvalue weighted by molar-refractivity contribution is 9.09. The van der Waals surface area contributed by atoms with Gasteiger partial charge in [-0.3, -0.25) is 0 Å². The molecule has 19 heavy (non-hydrogen) atoms. The number of benzene rings is 2. The van der Waals surface area contributed by atoms with Crippen LogP contribution in [0.25, 0.3) is 0 Å². The number of hydrogen-bond donors (Lipinski definition) is 0. The van der Waals surface area contributed by atoms with Gasteiger partial charge in [0, 0.05) is 10.0 Å². The van der Waals surface area contributed by atoms with E-state index in [4.69, 9.17) is 27.9 Å². The van der Waals surface area contributed by atoms with Gasteiger partial charge in [-0.1, -0.05) is 63.4 Å². The van der Waals surface area contributed by atoms with E-state index in [2.05, 4.69) is 15.9 Å². The van der Waals surface area contributed by atoms with Crippen LogP contribution >= 0.6 is 39.1 Å². The van der Waals surface area contributed by atoms with Gasteiger partial charge in [0.15, 0.2) is 0 Å². The predicted molar refractivity (Wildman–Crippen MR) is 85.0 cm³/mol. The van der Waals surface area contributed by atoms with Crippen molar-refractivity contribution in [2.75, 3.05) is 7.11 Å². The van der Waals surface area contributed by atoms with Crippen molar-refractivity contribution < 1.29 is 4.74 Å². The Morgan fingerprint density at radius 1 is 1.11 bits per heavy atom. The SMILES string of the molecule is COc1ccc(C(Br)c2cccc(C)c2Cl)c(Cl)c1. The lowest BCUT2D eigenvalue weighted by atomic mass is 10.0. The number of ether oxygens (including phenoxy) is 1. The van der Waals surface area contributed by atoms with Gasteiger partial charge < -0.3 is 4.74 Å². The van der Waals surface area contributed by atoms with Gasteiger partial charge in [0.2, 0.25) is 0 Å². The number of hydrogen-bond acceptors (Lipinski definition) is 1. The van der Waals surface area contributed by atoms with E-state index in [0.29, 0.717) is 5.02 Å². The van der Waals surface area contributed by atoms with Crippen LogP contribution < -0.4 is 4.74 Å². The maximum atomic E-state index is 6.35. The first-order valence-corrected chi connectivity index (χ1v) is 7.44. The Morgan fingerprint density at radius 3 is 2.47 bits per heavy atom. The van der Waals surface area contributed by atoms with Crippen molar-refractivity contribution in [3.63, 3.8) is 0 Å². The van der Waals surface area contributed by atoms with E-state index in [1.165, 1.54) is 0 Å². The molecule has 0 aromatic heterocycles. The molecule has 0 saturated heterocycles. The van der Waals surface area contributed by atoms with Gasteiger partial charge in [0.25, 0.3) is 0 Å². The molecule has 0 aliphatic heterocycles. The first-order chi connectivity index (χ1) is 9.04. The van der Waals surface area contributed by atoms with Crippen molar-refractivity contribution >= 4 is 39.1 Å². The van der Waals surface area contributed by atoms with Crippen molar-refractivity contribution in [1.82, 2.24) is 0 Å². The van der Waals surface area contributed by atoms with E-state index >= 15 is 0 Å². The fraction of sp³-hybridized carbons (Fsp3) is 0.200. The van der Waals surface area contributed by atoms with Gasteiger partial charge >= 0.3 is 0 Å². The molecule has 0 amide bonds. The standard InChI is InChI=1S/C15H13BrCl2O/c1-9-4-3-5-12(15(9)18)14(16)11-7-6-10(19-2)8-13(11)17/h3-8,14H,1-2H3. The van der Waals surface area contributed by atoms with Crippen LogP contribution in [0, 0.1) is 6.92 Å². The first kappa shape index (κ1) is 14.7. The summed E-state index contributed by atoms with van der Waals surface area (Å²) < 4.78 is 5.15. The number of rotatable bonds is 3. The van der Waals surface area contributed by atoms with E-state index in [1.807, 2.05) is 37.3 Å². The number of halogens is 3. The summed E-state index contributed by atoms with van der Waals surface area (Å²) in [5.41, 5.74) is 3.02. The fourth-order valence-corrected chi connectivity index (χ4v) is 3.43. The second-order valence-corrected chi connectivity index (χ2v) is 5.93. The van der Waals surface area contributed by atoms with Crippen LogP contribution in [0.5, 0.6) is 5.75 Å². The Bertz CT molecular complexity index is 599. The van der Waals surface area contributed by atoms with Crippen LogP contribution in [0.15, 0.2) is 36.4 Å². The van der Waals surface area contributed by atoms with Gasteiger partial charge in [-0.2, -0.15) is 0 Å². The molecule has 1 unspecified atom stereocenters. The van der Waals surface area contributed by atoms with E-state index in [1.54, 1.807) is 13.2 Å². The molecular weight excluding hydrogens is 347 g/mol. The Hall–Kier alpha value is -0.700. The monoisotopic (exact) mass is 358 g/mol. The Balaban J connectivity index is 2.44. The minimum Gasteiger partial charge on any atom is -0.497 e. The summed E-state index contributed by atoms with van der Waals surface area (Å²) in [6.45, 7) is 1.99. The molecular formula is C15H13BrCl2O. The molecule has 0 saturated carbocycles. The third-order valence-corrected chi connectivity index (χ3v) is 4.81. The van der Waals surface area contributed by atoms with E-state index in [9.17, 15) is 0 Å². The molecule has 100 valence electrons. The highest BCUT2D eigenvalue weighted by atomic mass is 79.9. The number of methoxy groups -OCH3 is 1. The average Bonchev–Trinajstić information content (AvgIpc) is 2.41. The lowest BCUT2D eigenvalue weighted by molar-refractivity contribution is 0.414. The summed E-state index contributed by atoms with van der Waals surface area (Å²) >= 11 is 16.3. The minimum absolute atomic E-state index is 0.0432. The summed E-state index contributed by atoms with van der Waals surface area (Å²) in [5, 5.41) is 1.41. The maximum Gasteiger partial charge on any atom is 0.120 e. The molecule has 0 heterocycles. The highest BCUT2D eigenvalue weighted by Gasteiger charge is 2.17. The van der Waals surface area contributed by atoms with Crippen molar-refractivity contribution in [2.24, 2.45) is 0 Å². The quantitative estimate of drug-likeness (QED) is 0.629. The molecule has 0 aliphatic carbocycles. The zero-order chi connectivity index (χ0) is 14.0. The molecule has 2 rings (SSSR count). The van der Waals surface area contributed by atoms with Gasteiger partial charge in [-0.05, 0) is 35.7 Å². The van der Waals surface area contributed by atoms with Crippen molar-refractivity contribution in [3.05, 3.63) is 63.1 Å². The lowest BCUT2D eigenvalue weighted by Crippen LogP contribution is -1.96. The zero-order valence-corrected chi connectivity index (χ0v) is 13.7. The maximum absolute atomic E-state index is 6.35. The summed E-state index contributed by atoms with van der Waals surface area (Å²) in [6.07, 6.45) is 0. The van der Waals surface area contributed by atoms with E-state index in [-0.39, 0.29) is 4.83 Å². The van der Waals surface area contributed by atoms with Crippen LogP contribution in [-0.4, -0.2) is 7.11 Å². The average molecular weight is 360 g/mol. The molecule has 2 aromatic rings. The molecule has 2 aromatic carbocycles. The molecule has 0 bridgehead atoms. The molecule has 4 heteroatoms. The molecule has 1 nitrogen and oxygen atoms in total. The van der Waals surface area contributed by atoms with Crippen LogP contribution in [0.4, 0.5) is 0 Å². The van der Waals surface area contributed by atoms with Gasteiger partial charge in [-0.25, -0.2) is 0 Å². The second-order valence-electron chi connectivity index (χ2n) is 4.23. The predicted octanol–water partition coefficient (Wildman–Crippen LogP) is 5.79. The molecule has 0 radical (unpaired) electrons. The van der Waals surface area contributed by atoms with E-state index in [0.717, 1.165) is 27.5 Å². The van der Waals surface area contributed by atoms with Crippen LogP contribution in [0.3, 0.4) is 0 Å². The van der Waals surface area contributed by atoms with Crippen LogP contribution in [0.1, 0.15) is 21.5 Å². The summed E-state index contributed by atoms with van der Waals surface area (Å²) in [5.74, 6) is 0.740. The summed E-state index contributed by atoms with van der Waals surface area (Å²) in [7, 11) is 1.62. The Kier molecular flexibility index (Phi) is 4.77. The highest BCUT2D eigenvalue weighted by Crippen LogP contribution is 2.40. The van der Waals surface area contributed by atoms with E-state index < -0.39 is 0 Å². The van der Waals surface area contributed by atoms with Crippen molar-refractivity contribution in [1.29, 1.82) is 0 Å². The topological polar surface area (TPSA) is 9.23 Å². The largest absolute Gasteiger partial charge is 0.497 e. The first-order valence-electron chi connectivity index (χ1n) is 5.77. The third-order valence-electron chi connectivity index (χ3n) is 2.98. The number of aryl methyl sites for hydroxylation is 1. The second kappa shape index (κ2) is 6.17. The lowest BCUT2D eigenvalue weighted by Gasteiger charge is -2.16. The molecule has 1 atom stereocenters. The molecule has 0 aliphatic rings. The smallest absolute Gasteiger partial charge is 0.120 e. The van der Waals surface area contributed by atoms with Crippen molar-refractivity contribution in [3.8, 4) is 5.75 Å². The number of alkyl halides is 1. The third kappa shape index (κ3) is 3.07.